The average molecular weight is 221 g/mol. The van der Waals surface area contributed by atoms with E-state index in [0.717, 1.165) is 19.3 Å². The molecule has 4 nitrogen and oxygen atoms in total. The second-order valence-electron chi connectivity index (χ2n) is 3.84. The van der Waals surface area contributed by atoms with Crippen molar-refractivity contribution in [1.82, 2.24) is 10.3 Å². The van der Waals surface area contributed by atoms with Gasteiger partial charge in [-0.1, -0.05) is 20.3 Å². The van der Waals surface area contributed by atoms with Crippen molar-refractivity contribution in [2.45, 2.75) is 39.2 Å². The van der Waals surface area contributed by atoms with Crippen LogP contribution in [0.4, 0.5) is 5.69 Å². The van der Waals surface area contributed by atoms with Crippen molar-refractivity contribution in [3.8, 4) is 0 Å². The van der Waals surface area contributed by atoms with E-state index in [1.54, 1.807) is 12.1 Å². The van der Waals surface area contributed by atoms with Gasteiger partial charge in [0, 0.05) is 6.04 Å². The van der Waals surface area contributed by atoms with Gasteiger partial charge in [0.25, 0.3) is 5.91 Å². The molecule has 0 radical (unpaired) electrons. The average Bonchev–Trinajstić information content (AvgIpc) is 2.29. The molecule has 1 heterocycles. The fourth-order valence-electron chi connectivity index (χ4n) is 1.53. The summed E-state index contributed by atoms with van der Waals surface area (Å²) >= 11 is 0. The van der Waals surface area contributed by atoms with Crippen LogP contribution in [0.15, 0.2) is 18.3 Å². The van der Waals surface area contributed by atoms with Gasteiger partial charge in [0.15, 0.2) is 0 Å². The molecule has 4 heteroatoms. The van der Waals surface area contributed by atoms with Gasteiger partial charge in [0.1, 0.15) is 5.69 Å². The number of carbonyl (C=O) groups is 1. The smallest absolute Gasteiger partial charge is 0.270 e. The van der Waals surface area contributed by atoms with Crippen molar-refractivity contribution < 1.29 is 4.79 Å². The molecule has 1 rings (SSSR count). The number of nitrogens with two attached hydrogens (primary N) is 1. The lowest BCUT2D eigenvalue weighted by Gasteiger charge is -2.15. The summed E-state index contributed by atoms with van der Waals surface area (Å²) in [7, 11) is 0. The van der Waals surface area contributed by atoms with E-state index in [2.05, 4.69) is 24.1 Å². The molecule has 16 heavy (non-hydrogen) atoms. The van der Waals surface area contributed by atoms with Crippen LogP contribution in [0, 0.1) is 0 Å². The van der Waals surface area contributed by atoms with Crippen LogP contribution in [0.3, 0.4) is 0 Å². The Morgan fingerprint density at radius 2 is 2.25 bits per heavy atom. The molecule has 0 bridgehead atoms. The van der Waals surface area contributed by atoms with Crippen LogP contribution in [0.2, 0.25) is 0 Å². The number of aromatic nitrogens is 1. The minimum Gasteiger partial charge on any atom is -0.397 e. The molecule has 0 saturated carbocycles. The van der Waals surface area contributed by atoms with Crippen LogP contribution in [-0.4, -0.2) is 16.9 Å². The van der Waals surface area contributed by atoms with Crippen LogP contribution < -0.4 is 11.1 Å². The molecule has 3 N–H and O–H groups in total. The zero-order chi connectivity index (χ0) is 12.0. The first kappa shape index (κ1) is 12.5. The number of nitrogens with zero attached hydrogens (tertiary/aromatic N) is 1. The SMILES string of the molecule is CCCC(CC)NC(=O)c1ccc(N)cn1. The minimum absolute atomic E-state index is 0.125. The summed E-state index contributed by atoms with van der Waals surface area (Å²) in [6, 6.07) is 3.56. The first-order chi connectivity index (χ1) is 7.67. The molecular weight excluding hydrogens is 202 g/mol. The highest BCUT2D eigenvalue weighted by molar-refractivity contribution is 5.92. The zero-order valence-corrected chi connectivity index (χ0v) is 9.86. The van der Waals surface area contributed by atoms with E-state index >= 15 is 0 Å². The van der Waals surface area contributed by atoms with E-state index < -0.39 is 0 Å². The number of hydrogen-bond donors (Lipinski definition) is 2. The Labute approximate surface area is 96.3 Å². The fraction of sp³-hybridized carbons (Fsp3) is 0.500. The lowest BCUT2D eigenvalue weighted by Crippen LogP contribution is -2.34. The molecule has 0 aliphatic heterocycles. The van der Waals surface area contributed by atoms with Crippen LogP contribution in [0.25, 0.3) is 0 Å². The third-order valence-electron chi connectivity index (χ3n) is 2.48. The summed E-state index contributed by atoms with van der Waals surface area (Å²) in [5, 5.41) is 2.96. The zero-order valence-electron chi connectivity index (χ0n) is 9.86. The van der Waals surface area contributed by atoms with Crippen molar-refractivity contribution in [3.63, 3.8) is 0 Å². The maximum Gasteiger partial charge on any atom is 0.270 e. The summed E-state index contributed by atoms with van der Waals surface area (Å²) in [6.07, 6.45) is 4.50. The van der Waals surface area contributed by atoms with Crippen LogP contribution in [0.5, 0.6) is 0 Å². The topological polar surface area (TPSA) is 68.0 Å². The maximum atomic E-state index is 11.8. The predicted octanol–water partition coefficient (Wildman–Crippen LogP) is 1.97. The molecule has 0 aliphatic rings. The normalized spacial score (nSPS) is 12.1. The maximum absolute atomic E-state index is 11.8. The summed E-state index contributed by atoms with van der Waals surface area (Å²) in [5.41, 5.74) is 6.49. The van der Waals surface area contributed by atoms with E-state index in [0.29, 0.717) is 11.4 Å². The molecular formula is C12H19N3O. The molecule has 0 saturated heterocycles. The predicted molar refractivity (Wildman–Crippen MR) is 65.1 cm³/mol. The Kier molecular flexibility index (Phi) is 4.76. The molecule has 0 fully saturated rings. The standard InChI is InChI=1S/C12H19N3O/c1-3-5-10(4-2)15-12(16)11-7-6-9(13)8-14-11/h6-8,10H,3-5,13H2,1-2H3,(H,15,16). The van der Waals surface area contributed by atoms with E-state index in [-0.39, 0.29) is 11.9 Å². The van der Waals surface area contributed by atoms with Gasteiger partial charge < -0.3 is 11.1 Å². The molecule has 1 aromatic heterocycles. The Morgan fingerprint density at radius 1 is 1.50 bits per heavy atom. The van der Waals surface area contributed by atoms with E-state index in [9.17, 15) is 4.79 Å². The molecule has 0 aromatic carbocycles. The monoisotopic (exact) mass is 221 g/mol. The number of hydrogen-bond acceptors (Lipinski definition) is 3. The summed E-state index contributed by atoms with van der Waals surface area (Å²) in [4.78, 5) is 15.8. The van der Waals surface area contributed by atoms with Crippen LogP contribution in [-0.2, 0) is 0 Å². The molecule has 0 spiro atoms. The molecule has 1 aromatic rings. The first-order valence-corrected chi connectivity index (χ1v) is 5.69. The Morgan fingerprint density at radius 3 is 2.75 bits per heavy atom. The number of anilines is 1. The Bertz CT molecular complexity index is 335. The second kappa shape index (κ2) is 6.10. The second-order valence-corrected chi connectivity index (χ2v) is 3.84. The van der Waals surface area contributed by atoms with Gasteiger partial charge in [-0.15, -0.1) is 0 Å². The minimum atomic E-state index is -0.125. The third-order valence-corrected chi connectivity index (χ3v) is 2.48. The fourth-order valence-corrected chi connectivity index (χ4v) is 1.53. The van der Waals surface area contributed by atoms with E-state index in [1.165, 1.54) is 6.20 Å². The molecule has 1 atom stereocenters. The first-order valence-electron chi connectivity index (χ1n) is 5.69. The van der Waals surface area contributed by atoms with Gasteiger partial charge in [-0.2, -0.15) is 0 Å². The summed E-state index contributed by atoms with van der Waals surface area (Å²) < 4.78 is 0. The molecule has 88 valence electrons. The van der Waals surface area contributed by atoms with E-state index in [4.69, 9.17) is 5.73 Å². The highest BCUT2D eigenvalue weighted by Gasteiger charge is 2.11. The highest BCUT2D eigenvalue weighted by Crippen LogP contribution is 2.04. The number of nitrogen functional groups attached to an aromatic ring is 1. The largest absolute Gasteiger partial charge is 0.397 e. The number of amides is 1. The number of carbonyl (C=O) groups excluding carboxylic acids is 1. The molecule has 1 amide bonds. The number of nitrogens with one attached hydrogen (secondary N) is 1. The highest BCUT2D eigenvalue weighted by atomic mass is 16.1. The Balaban J connectivity index is 2.60. The molecule has 1 unspecified atom stereocenters. The number of rotatable bonds is 5. The van der Waals surface area contributed by atoms with Crippen molar-refractivity contribution in [2.24, 2.45) is 0 Å². The summed E-state index contributed by atoms with van der Waals surface area (Å²) in [6.45, 7) is 4.17. The van der Waals surface area contributed by atoms with Crippen molar-refractivity contribution in [1.29, 1.82) is 0 Å². The van der Waals surface area contributed by atoms with Crippen molar-refractivity contribution in [2.75, 3.05) is 5.73 Å². The summed E-state index contributed by atoms with van der Waals surface area (Å²) in [5.74, 6) is -0.125. The Hall–Kier alpha value is -1.58. The molecule has 0 aliphatic carbocycles. The third kappa shape index (κ3) is 3.53. The van der Waals surface area contributed by atoms with Gasteiger partial charge in [-0.05, 0) is 25.0 Å². The van der Waals surface area contributed by atoms with Gasteiger partial charge in [-0.3, -0.25) is 4.79 Å². The van der Waals surface area contributed by atoms with Gasteiger partial charge >= 0.3 is 0 Å². The quantitative estimate of drug-likeness (QED) is 0.798. The van der Waals surface area contributed by atoms with E-state index in [1.807, 2.05) is 0 Å². The van der Waals surface area contributed by atoms with Crippen molar-refractivity contribution in [3.05, 3.63) is 24.0 Å². The van der Waals surface area contributed by atoms with Gasteiger partial charge in [-0.25, -0.2) is 4.98 Å². The van der Waals surface area contributed by atoms with Crippen molar-refractivity contribution >= 4 is 11.6 Å². The number of pyridine rings is 1. The van der Waals surface area contributed by atoms with Crippen LogP contribution in [0.1, 0.15) is 43.6 Å². The van der Waals surface area contributed by atoms with Gasteiger partial charge in [0.2, 0.25) is 0 Å². The van der Waals surface area contributed by atoms with Gasteiger partial charge in [0.05, 0.1) is 11.9 Å². The lowest BCUT2D eigenvalue weighted by atomic mass is 10.1. The van der Waals surface area contributed by atoms with Crippen LogP contribution >= 0.6 is 0 Å². The lowest BCUT2D eigenvalue weighted by molar-refractivity contribution is 0.0928.